The van der Waals surface area contributed by atoms with Crippen LogP contribution in [-0.4, -0.2) is 24.1 Å². The van der Waals surface area contributed by atoms with Gasteiger partial charge in [0, 0.05) is 58.4 Å². The summed E-state index contributed by atoms with van der Waals surface area (Å²) in [4.78, 5) is 16.2. The third kappa shape index (κ3) is 5.59. The summed E-state index contributed by atoms with van der Waals surface area (Å²) in [5.41, 5.74) is 11.9. The Morgan fingerprint density at radius 1 is 0.333 bits per heavy atom. The highest BCUT2D eigenvalue weighted by atomic mass is 32.1. The molecular weight excluding hydrogens is 787 g/mol. The van der Waals surface area contributed by atoms with Gasteiger partial charge in [-0.25, -0.2) is 4.98 Å². The van der Waals surface area contributed by atoms with E-state index in [0.717, 1.165) is 82.7 Å². The number of fused-ring (bicyclic) bond motifs is 10. The van der Waals surface area contributed by atoms with E-state index in [1.54, 1.807) is 11.3 Å². The molecule has 0 amide bonds. The largest absolute Gasteiger partial charge is 0.307 e. The fraction of sp³-hybridized carbons (Fsp3) is 0. The second kappa shape index (κ2) is 14.2. The fourth-order valence-electron chi connectivity index (χ4n) is 9.61. The average molecular weight is 822 g/mol. The van der Waals surface area contributed by atoms with E-state index in [1.165, 1.54) is 20.2 Å². The second-order valence-electron chi connectivity index (χ2n) is 16.0. The van der Waals surface area contributed by atoms with E-state index in [4.69, 9.17) is 15.0 Å². The molecule has 5 nitrogen and oxygen atoms in total. The van der Waals surface area contributed by atoms with Crippen LogP contribution in [0.4, 0.5) is 0 Å². The van der Waals surface area contributed by atoms with Crippen LogP contribution in [0.2, 0.25) is 0 Å². The molecule has 0 N–H and O–H groups in total. The highest BCUT2D eigenvalue weighted by molar-refractivity contribution is 7.25. The number of thiophene rings is 1. The smallest absolute Gasteiger partial charge is 0.238 e. The van der Waals surface area contributed by atoms with Gasteiger partial charge in [0.15, 0.2) is 11.6 Å². The summed E-state index contributed by atoms with van der Waals surface area (Å²) in [7, 11) is 0. The van der Waals surface area contributed by atoms with Crippen molar-refractivity contribution in [1.29, 1.82) is 0 Å². The number of benzene rings is 9. The van der Waals surface area contributed by atoms with Crippen molar-refractivity contribution in [2.24, 2.45) is 0 Å². The van der Waals surface area contributed by atoms with Gasteiger partial charge >= 0.3 is 0 Å². The van der Waals surface area contributed by atoms with Gasteiger partial charge in [-0.05, 0) is 47.0 Å². The summed E-state index contributed by atoms with van der Waals surface area (Å²) < 4.78 is 7.21. The first kappa shape index (κ1) is 35.6. The third-order valence-corrected chi connectivity index (χ3v) is 13.5. The van der Waals surface area contributed by atoms with Gasteiger partial charge in [0.25, 0.3) is 0 Å². The maximum Gasteiger partial charge on any atom is 0.238 e. The molecule has 0 spiro atoms. The Labute approximate surface area is 366 Å². The molecule has 0 saturated heterocycles. The predicted octanol–water partition coefficient (Wildman–Crippen LogP) is 15.1. The molecule has 13 rings (SSSR count). The zero-order chi connectivity index (χ0) is 41.4. The van der Waals surface area contributed by atoms with Crippen LogP contribution >= 0.6 is 11.3 Å². The van der Waals surface area contributed by atoms with Crippen molar-refractivity contribution in [2.75, 3.05) is 0 Å². The average Bonchev–Trinajstić information content (AvgIpc) is 4.02. The lowest BCUT2D eigenvalue weighted by Crippen LogP contribution is -2.07. The Morgan fingerprint density at radius 3 is 1.60 bits per heavy atom. The molecule has 6 heteroatoms. The molecule has 63 heavy (non-hydrogen) atoms. The minimum absolute atomic E-state index is 0.562. The van der Waals surface area contributed by atoms with Crippen molar-refractivity contribution >= 4 is 75.1 Å². The van der Waals surface area contributed by atoms with Gasteiger partial charge in [0.1, 0.15) is 0 Å². The predicted molar refractivity (Wildman–Crippen MR) is 263 cm³/mol. The van der Waals surface area contributed by atoms with E-state index in [-0.39, 0.29) is 0 Å². The number of hydrogen-bond acceptors (Lipinski definition) is 4. The molecule has 0 saturated carbocycles. The molecule has 4 aromatic heterocycles. The molecule has 0 unspecified atom stereocenters. The molecule has 294 valence electrons. The van der Waals surface area contributed by atoms with Crippen LogP contribution < -0.4 is 0 Å². The van der Waals surface area contributed by atoms with Crippen molar-refractivity contribution in [3.8, 4) is 56.7 Å². The van der Waals surface area contributed by atoms with Crippen LogP contribution in [0.25, 0.3) is 120 Å². The van der Waals surface area contributed by atoms with E-state index in [0.29, 0.717) is 17.6 Å². The van der Waals surface area contributed by atoms with Gasteiger partial charge in [-0.15, -0.1) is 11.3 Å². The molecule has 0 aliphatic carbocycles. The zero-order valence-corrected chi connectivity index (χ0v) is 34.7. The molecule has 13 aromatic rings. The number of aromatic nitrogens is 5. The molecule has 0 atom stereocenters. The van der Waals surface area contributed by atoms with Gasteiger partial charge in [0.2, 0.25) is 5.95 Å². The lowest BCUT2D eigenvalue weighted by atomic mass is 9.98. The van der Waals surface area contributed by atoms with Crippen LogP contribution in [0.5, 0.6) is 0 Å². The van der Waals surface area contributed by atoms with E-state index < -0.39 is 0 Å². The normalized spacial score (nSPS) is 11.8. The number of rotatable bonds is 6. The van der Waals surface area contributed by atoms with Gasteiger partial charge in [-0.1, -0.05) is 182 Å². The molecule has 0 aliphatic heterocycles. The highest BCUT2D eigenvalue weighted by Crippen LogP contribution is 2.45. The lowest BCUT2D eigenvalue weighted by Gasteiger charge is -2.17. The standard InChI is InChI=1S/C57H35N5S/c1-4-17-36(18-5-1)39-31-32-40(37-19-6-2-7-20-37)49(35-39)61-47-27-13-10-23-41(47)43-33-34-44-42-24-11-14-28-48(42)62(54(44)53(43)61)57-59-55(38-21-8-3-9-22-38)58-56(60-57)46-26-16-30-51-52(46)45-25-12-15-29-50(45)63-51/h1-35H. The van der Waals surface area contributed by atoms with Gasteiger partial charge in [0.05, 0.1) is 27.8 Å². The summed E-state index contributed by atoms with van der Waals surface area (Å²) in [6.07, 6.45) is 0. The second-order valence-corrected chi connectivity index (χ2v) is 17.0. The number of nitrogens with zero attached hydrogens (tertiary/aromatic N) is 5. The molecule has 0 bridgehead atoms. The monoisotopic (exact) mass is 821 g/mol. The van der Waals surface area contributed by atoms with Crippen molar-refractivity contribution in [1.82, 2.24) is 24.1 Å². The quantitative estimate of drug-likeness (QED) is 0.168. The summed E-state index contributed by atoms with van der Waals surface area (Å²) >= 11 is 1.80. The minimum Gasteiger partial charge on any atom is -0.307 e. The first-order chi connectivity index (χ1) is 31.3. The van der Waals surface area contributed by atoms with E-state index >= 15 is 0 Å². The molecule has 0 radical (unpaired) electrons. The summed E-state index contributed by atoms with van der Waals surface area (Å²) in [5.74, 6) is 1.81. The van der Waals surface area contributed by atoms with E-state index in [2.05, 4.69) is 203 Å². The SMILES string of the molecule is c1ccc(-c2ccc(-c3ccccc3)c(-n3c4ccccc4c4ccc5c6ccccc6n(-c6nc(-c7ccccc7)nc(-c7cccc8sc9ccccc9c78)n6)c5c43)c2)cc1. The van der Waals surface area contributed by atoms with Gasteiger partial charge in [-0.3, -0.25) is 4.57 Å². The van der Waals surface area contributed by atoms with Crippen LogP contribution in [-0.2, 0) is 0 Å². The molecule has 9 aromatic carbocycles. The third-order valence-electron chi connectivity index (χ3n) is 12.4. The minimum atomic E-state index is 0.562. The van der Waals surface area contributed by atoms with Crippen molar-refractivity contribution in [3.63, 3.8) is 0 Å². The first-order valence-electron chi connectivity index (χ1n) is 21.2. The Bertz CT molecular complexity index is 3900. The Morgan fingerprint density at radius 2 is 0.889 bits per heavy atom. The Hall–Kier alpha value is -8.19. The molecule has 0 aliphatic rings. The zero-order valence-electron chi connectivity index (χ0n) is 33.9. The van der Waals surface area contributed by atoms with Crippen LogP contribution in [0, 0.1) is 0 Å². The molecule has 0 fully saturated rings. The highest BCUT2D eigenvalue weighted by Gasteiger charge is 2.25. The first-order valence-corrected chi connectivity index (χ1v) is 22.0. The molecular formula is C57H35N5S. The number of para-hydroxylation sites is 2. The van der Waals surface area contributed by atoms with Gasteiger partial charge in [-0.2, -0.15) is 9.97 Å². The Balaban J connectivity index is 1.19. The van der Waals surface area contributed by atoms with Crippen molar-refractivity contribution in [2.45, 2.75) is 0 Å². The van der Waals surface area contributed by atoms with Crippen molar-refractivity contribution < 1.29 is 0 Å². The van der Waals surface area contributed by atoms with Gasteiger partial charge < -0.3 is 4.57 Å². The molecule has 4 heterocycles. The lowest BCUT2D eigenvalue weighted by molar-refractivity contribution is 0.954. The van der Waals surface area contributed by atoms with Crippen LogP contribution in [0.1, 0.15) is 0 Å². The summed E-state index contributed by atoms with van der Waals surface area (Å²) in [5, 5.41) is 6.93. The topological polar surface area (TPSA) is 48.5 Å². The maximum atomic E-state index is 5.53. The Kier molecular flexibility index (Phi) is 8.01. The fourth-order valence-corrected chi connectivity index (χ4v) is 10.7. The maximum absolute atomic E-state index is 5.53. The van der Waals surface area contributed by atoms with Crippen LogP contribution in [0.15, 0.2) is 212 Å². The van der Waals surface area contributed by atoms with Crippen molar-refractivity contribution in [3.05, 3.63) is 212 Å². The number of hydrogen-bond donors (Lipinski definition) is 0. The van der Waals surface area contributed by atoms with E-state index in [9.17, 15) is 0 Å². The summed E-state index contributed by atoms with van der Waals surface area (Å²) in [6, 6.07) is 75.7. The van der Waals surface area contributed by atoms with Crippen LogP contribution in [0.3, 0.4) is 0 Å². The van der Waals surface area contributed by atoms with E-state index in [1.807, 2.05) is 18.2 Å². The summed E-state index contributed by atoms with van der Waals surface area (Å²) in [6.45, 7) is 0.